The molecule has 0 aliphatic heterocycles. The number of aryl methyl sites for hydroxylation is 1. The lowest BCUT2D eigenvalue weighted by molar-refractivity contribution is 0.176. The first-order chi connectivity index (χ1) is 8.41. The van der Waals surface area contributed by atoms with Gasteiger partial charge in [0, 0.05) is 30.7 Å². The predicted molar refractivity (Wildman–Crippen MR) is 76.7 cm³/mol. The van der Waals surface area contributed by atoms with Gasteiger partial charge in [-0.25, -0.2) is 0 Å². The van der Waals surface area contributed by atoms with E-state index in [1.165, 1.54) is 5.56 Å². The molecule has 0 aliphatic rings. The maximum absolute atomic E-state index is 5.36. The van der Waals surface area contributed by atoms with Gasteiger partial charge in [-0.05, 0) is 26.0 Å². The third-order valence-corrected chi connectivity index (χ3v) is 3.46. The van der Waals surface area contributed by atoms with Crippen molar-refractivity contribution in [1.29, 1.82) is 0 Å². The highest BCUT2D eigenvalue weighted by Gasteiger charge is 2.19. The minimum absolute atomic E-state index is 0.537. The van der Waals surface area contributed by atoms with Gasteiger partial charge in [-0.15, -0.1) is 0 Å². The molecule has 0 spiro atoms. The molecule has 104 valence electrons. The van der Waals surface area contributed by atoms with Crippen LogP contribution < -0.4 is 5.32 Å². The highest BCUT2D eigenvalue weighted by atomic mass is 16.3. The third kappa shape index (κ3) is 4.46. The number of nitrogens with zero attached hydrogens (tertiary/aromatic N) is 1. The fraction of sp³-hybridized carbons (Fsp3) is 0.733. The van der Waals surface area contributed by atoms with Crippen LogP contribution in [-0.2, 0) is 6.54 Å². The molecule has 1 aromatic rings. The first-order valence-electron chi connectivity index (χ1n) is 6.88. The lowest BCUT2D eigenvalue weighted by Gasteiger charge is -2.32. The molecule has 1 N–H and O–H groups in total. The largest absolute Gasteiger partial charge is 0.469 e. The summed E-state index contributed by atoms with van der Waals surface area (Å²) < 4.78 is 5.36. The van der Waals surface area contributed by atoms with E-state index in [0.717, 1.165) is 18.8 Å². The summed E-state index contributed by atoms with van der Waals surface area (Å²) >= 11 is 0. The Balaban J connectivity index is 2.59. The Labute approximate surface area is 112 Å². The minimum Gasteiger partial charge on any atom is -0.469 e. The van der Waals surface area contributed by atoms with Crippen LogP contribution in [0.25, 0.3) is 0 Å². The smallest absolute Gasteiger partial charge is 0.105 e. The Morgan fingerprint density at radius 2 is 1.94 bits per heavy atom. The minimum atomic E-state index is 0.537. The van der Waals surface area contributed by atoms with E-state index in [2.05, 4.69) is 51.0 Å². The summed E-state index contributed by atoms with van der Waals surface area (Å²) in [6.07, 6.45) is 1.77. The Hall–Kier alpha value is -0.800. The van der Waals surface area contributed by atoms with E-state index in [0.29, 0.717) is 18.0 Å². The van der Waals surface area contributed by atoms with Gasteiger partial charge in [-0.3, -0.25) is 4.90 Å². The van der Waals surface area contributed by atoms with Crippen LogP contribution in [0, 0.1) is 12.8 Å². The van der Waals surface area contributed by atoms with Crippen molar-refractivity contribution in [3.05, 3.63) is 23.7 Å². The topological polar surface area (TPSA) is 28.4 Å². The second-order valence-electron chi connectivity index (χ2n) is 5.79. The molecule has 3 nitrogen and oxygen atoms in total. The summed E-state index contributed by atoms with van der Waals surface area (Å²) in [6.45, 7) is 13.0. The molecular weight excluding hydrogens is 224 g/mol. The van der Waals surface area contributed by atoms with Gasteiger partial charge in [0.05, 0.1) is 6.26 Å². The van der Waals surface area contributed by atoms with Crippen LogP contribution >= 0.6 is 0 Å². The van der Waals surface area contributed by atoms with Gasteiger partial charge < -0.3 is 9.73 Å². The van der Waals surface area contributed by atoms with E-state index < -0.39 is 0 Å². The Morgan fingerprint density at radius 3 is 2.39 bits per heavy atom. The fourth-order valence-corrected chi connectivity index (χ4v) is 2.22. The predicted octanol–water partition coefficient (Wildman–Crippen LogP) is 3.04. The Morgan fingerprint density at radius 1 is 1.28 bits per heavy atom. The number of likely N-dealkylation sites (N-methyl/N-ethyl adjacent to an activating group) is 1. The molecule has 0 saturated heterocycles. The summed E-state index contributed by atoms with van der Waals surface area (Å²) in [5.74, 6) is 1.66. The van der Waals surface area contributed by atoms with Gasteiger partial charge in [0.25, 0.3) is 0 Å². The molecule has 0 radical (unpaired) electrons. The standard InChI is InChI=1S/C15H28N2O/c1-11(2)15(9-16-12(3)4)17(6)10-14-7-8-18-13(14)5/h7-8,11-12,15-16H,9-10H2,1-6H3. The van der Waals surface area contributed by atoms with Gasteiger partial charge in [0.1, 0.15) is 5.76 Å². The lowest BCUT2D eigenvalue weighted by atomic mass is 10.0. The molecule has 1 aromatic heterocycles. The van der Waals surface area contributed by atoms with Crippen molar-refractivity contribution >= 4 is 0 Å². The van der Waals surface area contributed by atoms with E-state index in [4.69, 9.17) is 4.42 Å². The number of hydrogen-bond acceptors (Lipinski definition) is 3. The SMILES string of the molecule is Cc1occc1CN(C)C(CNC(C)C)C(C)C. The summed E-state index contributed by atoms with van der Waals surface area (Å²) in [4.78, 5) is 2.41. The highest BCUT2D eigenvalue weighted by molar-refractivity contribution is 5.15. The third-order valence-electron chi connectivity index (χ3n) is 3.46. The van der Waals surface area contributed by atoms with E-state index >= 15 is 0 Å². The van der Waals surface area contributed by atoms with Crippen LogP contribution in [-0.4, -0.2) is 30.6 Å². The molecule has 0 amide bonds. The van der Waals surface area contributed by atoms with Crippen LogP contribution in [0.2, 0.25) is 0 Å². The van der Waals surface area contributed by atoms with Crippen molar-refractivity contribution in [3.8, 4) is 0 Å². The van der Waals surface area contributed by atoms with Crippen molar-refractivity contribution < 1.29 is 4.42 Å². The van der Waals surface area contributed by atoms with Crippen molar-refractivity contribution in [2.45, 2.75) is 53.2 Å². The molecule has 0 saturated carbocycles. The summed E-state index contributed by atoms with van der Waals surface area (Å²) in [5, 5.41) is 3.54. The molecule has 1 unspecified atom stereocenters. The maximum Gasteiger partial charge on any atom is 0.105 e. The second kappa shape index (κ2) is 6.95. The fourth-order valence-electron chi connectivity index (χ4n) is 2.22. The zero-order valence-electron chi connectivity index (χ0n) is 12.7. The average Bonchev–Trinajstić information content (AvgIpc) is 2.63. The highest BCUT2D eigenvalue weighted by Crippen LogP contribution is 2.16. The molecule has 1 rings (SSSR count). The molecule has 0 bridgehead atoms. The quantitative estimate of drug-likeness (QED) is 0.808. The molecule has 0 fully saturated rings. The van der Waals surface area contributed by atoms with Crippen molar-refractivity contribution in [3.63, 3.8) is 0 Å². The first-order valence-corrected chi connectivity index (χ1v) is 6.88. The summed E-state index contributed by atoms with van der Waals surface area (Å²) in [7, 11) is 2.19. The molecule has 3 heteroatoms. The van der Waals surface area contributed by atoms with Gasteiger partial charge in [0.2, 0.25) is 0 Å². The Kier molecular flexibility index (Phi) is 5.89. The zero-order chi connectivity index (χ0) is 13.7. The van der Waals surface area contributed by atoms with Crippen LogP contribution in [0.5, 0.6) is 0 Å². The van der Waals surface area contributed by atoms with Crippen molar-refractivity contribution in [1.82, 2.24) is 10.2 Å². The first kappa shape index (κ1) is 15.3. The van der Waals surface area contributed by atoms with Crippen LogP contribution in [0.1, 0.15) is 39.0 Å². The second-order valence-corrected chi connectivity index (χ2v) is 5.79. The van der Waals surface area contributed by atoms with Gasteiger partial charge in [-0.2, -0.15) is 0 Å². The van der Waals surface area contributed by atoms with Crippen LogP contribution in [0.3, 0.4) is 0 Å². The zero-order valence-corrected chi connectivity index (χ0v) is 12.7. The van der Waals surface area contributed by atoms with Gasteiger partial charge in [0.15, 0.2) is 0 Å². The van der Waals surface area contributed by atoms with Crippen LogP contribution in [0.4, 0.5) is 0 Å². The number of rotatable bonds is 7. The van der Waals surface area contributed by atoms with Crippen molar-refractivity contribution in [2.75, 3.05) is 13.6 Å². The molecule has 0 aliphatic carbocycles. The number of hydrogen-bond donors (Lipinski definition) is 1. The Bertz CT molecular complexity index is 344. The van der Waals surface area contributed by atoms with Crippen molar-refractivity contribution in [2.24, 2.45) is 5.92 Å². The monoisotopic (exact) mass is 252 g/mol. The van der Waals surface area contributed by atoms with E-state index in [-0.39, 0.29) is 0 Å². The molecule has 0 aromatic carbocycles. The number of nitrogens with one attached hydrogen (secondary N) is 1. The molecule has 1 heterocycles. The van der Waals surface area contributed by atoms with Gasteiger partial charge >= 0.3 is 0 Å². The van der Waals surface area contributed by atoms with Gasteiger partial charge in [-0.1, -0.05) is 27.7 Å². The van der Waals surface area contributed by atoms with E-state index in [1.54, 1.807) is 6.26 Å². The average molecular weight is 252 g/mol. The lowest BCUT2D eigenvalue weighted by Crippen LogP contribution is -2.44. The van der Waals surface area contributed by atoms with E-state index in [9.17, 15) is 0 Å². The maximum atomic E-state index is 5.36. The summed E-state index contributed by atoms with van der Waals surface area (Å²) in [6, 6.07) is 3.15. The molecule has 1 atom stereocenters. The normalized spacial score (nSPS) is 13.8. The van der Waals surface area contributed by atoms with E-state index in [1.807, 2.05) is 6.92 Å². The van der Waals surface area contributed by atoms with Crippen LogP contribution in [0.15, 0.2) is 16.7 Å². The molecule has 18 heavy (non-hydrogen) atoms. The summed E-state index contributed by atoms with van der Waals surface area (Å²) in [5.41, 5.74) is 1.28. The number of furan rings is 1. The molecular formula is C15H28N2O.